The molecule has 1 heterocycles. The highest BCUT2D eigenvalue weighted by Crippen LogP contribution is 2.67. The molecular weight excluding hydrogens is 268 g/mol. The van der Waals surface area contributed by atoms with Crippen molar-refractivity contribution in [3.63, 3.8) is 0 Å². The molecular formula is C17H14S2. The van der Waals surface area contributed by atoms with Crippen molar-refractivity contribution in [3.8, 4) is 0 Å². The van der Waals surface area contributed by atoms with E-state index in [0.717, 1.165) is 5.92 Å². The predicted molar refractivity (Wildman–Crippen MR) is 80.1 cm³/mol. The van der Waals surface area contributed by atoms with Crippen LogP contribution < -0.4 is 0 Å². The van der Waals surface area contributed by atoms with Gasteiger partial charge in [-0.2, -0.15) is 0 Å². The van der Waals surface area contributed by atoms with Crippen LogP contribution in [-0.2, 0) is 5.41 Å². The van der Waals surface area contributed by atoms with Gasteiger partial charge in [-0.25, -0.2) is 0 Å². The van der Waals surface area contributed by atoms with Crippen LogP contribution in [0.25, 0.3) is 0 Å². The van der Waals surface area contributed by atoms with Crippen LogP contribution >= 0.6 is 23.5 Å². The van der Waals surface area contributed by atoms with E-state index in [1.807, 2.05) is 23.5 Å². The summed E-state index contributed by atoms with van der Waals surface area (Å²) in [6.45, 7) is 0. The van der Waals surface area contributed by atoms with Gasteiger partial charge in [-0.3, -0.25) is 0 Å². The quantitative estimate of drug-likeness (QED) is 0.590. The zero-order valence-corrected chi connectivity index (χ0v) is 12.2. The summed E-state index contributed by atoms with van der Waals surface area (Å²) in [6.07, 6.45) is 4.32. The molecule has 0 amide bonds. The molecule has 2 aromatic rings. The largest absolute Gasteiger partial charge is 0.0877 e. The Morgan fingerprint density at radius 2 is 1.47 bits per heavy atom. The van der Waals surface area contributed by atoms with E-state index in [2.05, 4.69) is 42.5 Å². The van der Waals surface area contributed by atoms with Crippen molar-refractivity contribution in [3.05, 3.63) is 48.0 Å². The molecule has 3 aliphatic carbocycles. The average molecular weight is 282 g/mol. The van der Waals surface area contributed by atoms with Crippen LogP contribution in [-0.4, -0.2) is 0 Å². The highest BCUT2D eigenvalue weighted by Gasteiger charge is 2.58. The molecule has 0 radical (unpaired) electrons. The second kappa shape index (κ2) is 3.62. The molecule has 2 heteroatoms. The Bertz CT molecular complexity index is 672. The fraction of sp³-hybridized carbons (Fsp3) is 0.294. The fourth-order valence-electron chi connectivity index (χ4n) is 3.77. The fourth-order valence-corrected chi connectivity index (χ4v) is 6.27. The Kier molecular flexibility index (Phi) is 2.07. The smallest absolute Gasteiger partial charge is 0.0300 e. The van der Waals surface area contributed by atoms with Gasteiger partial charge in [0.05, 0.1) is 0 Å². The molecule has 0 unspecified atom stereocenters. The first-order valence-electron chi connectivity index (χ1n) is 6.92. The Labute approximate surface area is 122 Å². The van der Waals surface area contributed by atoms with Gasteiger partial charge >= 0.3 is 0 Å². The number of hydrogen-bond acceptors (Lipinski definition) is 2. The molecule has 3 fully saturated rings. The van der Waals surface area contributed by atoms with Gasteiger partial charge in [0.1, 0.15) is 0 Å². The SMILES string of the molecule is c1ccc2c(c1)Sc1cccc(C34CC(C3)C4)c1S2. The summed E-state index contributed by atoms with van der Waals surface area (Å²) in [4.78, 5) is 5.85. The van der Waals surface area contributed by atoms with Gasteiger partial charge in [0.2, 0.25) is 0 Å². The third-order valence-electron chi connectivity index (χ3n) is 4.87. The van der Waals surface area contributed by atoms with Crippen LogP contribution in [0.15, 0.2) is 62.0 Å². The molecule has 2 aromatic carbocycles. The van der Waals surface area contributed by atoms with Crippen molar-refractivity contribution in [1.29, 1.82) is 0 Å². The van der Waals surface area contributed by atoms with Crippen molar-refractivity contribution in [2.75, 3.05) is 0 Å². The molecule has 0 aromatic heterocycles. The van der Waals surface area contributed by atoms with E-state index in [4.69, 9.17) is 0 Å². The Morgan fingerprint density at radius 3 is 2.16 bits per heavy atom. The summed E-state index contributed by atoms with van der Waals surface area (Å²) in [5.41, 5.74) is 2.20. The zero-order chi connectivity index (χ0) is 12.4. The van der Waals surface area contributed by atoms with Gasteiger partial charge in [0, 0.05) is 19.6 Å². The summed E-state index contributed by atoms with van der Waals surface area (Å²) in [6, 6.07) is 15.7. The summed E-state index contributed by atoms with van der Waals surface area (Å²) >= 11 is 3.93. The minimum atomic E-state index is 0.565. The molecule has 0 saturated heterocycles. The molecule has 6 rings (SSSR count). The predicted octanol–water partition coefficient (Wildman–Crippen LogP) is 5.35. The van der Waals surface area contributed by atoms with Crippen LogP contribution in [0.3, 0.4) is 0 Å². The zero-order valence-electron chi connectivity index (χ0n) is 10.6. The number of hydrogen-bond donors (Lipinski definition) is 0. The van der Waals surface area contributed by atoms with E-state index in [9.17, 15) is 0 Å². The van der Waals surface area contributed by atoms with Gasteiger partial charge in [0.25, 0.3) is 0 Å². The summed E-state index contributed by atoms with van der Waals surface area (Å²) in [7, 11) is 0. The van der Waals surface area contributed by atoms with Crippen LogP contribution in [0.5, 0.6) is 0 Å². The first-order chi connectivity index (χ1) is 9.34. The minimum Gasteiger partial charge on any atom is -0.0877 e. The monoisotopic (exact) mass is 282 g/mol. The summed E-state index contributed by atoms with van der Waals surface area (Å²) in [5, 5.41) is 0. The van der Waals surface area contributed by atoms with E-state index in [1.54, 1.807) is 10.5 Å². The number of rotatable bonds is 1. The second-order valence-electron chi connectivity index (χ2n) is 6.04. The molecule has 19 heavy (non-hydrogen) atoms. The molecule has 0 spiro atoms. The first kappa shape index (κ1) is 10.9. The molecule has 94 valence electrons. The summed E-state index contributed by atoms with van der Waals surface area (Å²) in [5.74, 6) is 1.05. The summed E-state index contributed by atoms with van der Waals surface area (Å²) < 4.78 is 0. The lowest BCUT2D eigenvalue weighted by atomic mass is 9.42. The van der Waals surface area contributed by atoms with Crippen molar-refractivity contribution < 1.29 is 0 Å². The van der Waals surface area contributed by atoms with Gasteiger partial charge in [0.15, 0.2) is 0 Å². The van der Waals surface area contributed by atoms with Crippen molar-refractivity contribution >= 4 is 23.5 Å². The van der Waals surface area contributed by atoms with Gasteiger partial charge < -0.3 is 0 Å². The van der Waals surface area contributed by atoms with E-state index in [1.165, 1.54) is 33.9 Å². The Balaban J connectivity index is 1.65. The molecule has 0 atom stereocenters. The average Bonchev–Trinajstić information content (AvgIpc) is 2.33. The van der Waals surface area contributed by atoms with E-state index >= 15 is 0 Å². The normalized spacial score (nSPS) is 29.8. The number of benzene rings is 2. The van der Waals surface area contributed by atoms with Gasteiger partial charge in [-0.1, -0.05) is 47.8 Å². The van der Waals surface area contributed by atoms with Crippen LogP contribution in [0.1, 0.15) is 24.8 Å². The lowest BCUT2D eigenvalue weighted by Crippen LogP contribution is -2.55. The van der Waals surface area contributed by atoms with Crippen LogP contribution in [0, 0.1) is 5.92 Å². The van der Waals surface area contributed by atoms with Crippen LogP contribution in [0.2, 0.25) is 0 Å². The second-order valence-corrected chi connectivity index (χ2v) is 8.18. The highest BCUT2D eigenvalue weighted by atomic mass is 32.2. The topological polar surface area (TPSA) is 0 Å². The van der Waals surface area contributed by atoms with Crippen molar-refractivity contribution in [2.45, 2.75) is 44.3 Å². The Hall–Kier alpha value is -0.860. The highest BCUT2D eigenvalue weighted by molar-refractivity contribution is 8.05. The number of fused-ring (bicyclic) bond motifs is 2. The molecule has 0 nitrogen and oxygen atoms in total. The van der Waals surface area contributed by atoms with E-state index in [0.29, 0.717) is 5.41 Å². The van der Waals surface area contributed by atoms with Crippen LogP contribution in [0.4, 0.5) is 0 Å². The molecule has 3 saturated carbocycles. The van der Waals surface area contributed by atoms with E-state index in [-0.39, 0.29) is 0 Å². The Morgan fingerprint density at radius 1 is 0.789 bits per heavy atom. The molecule has 0 N–H and O–H groups in total. The lowest BCUT2D eigenvalue weighted by Gasteiger charge is -2.62. The maximum atomic E-state index is 2.38. The minimum absolute atomic E-state index is 0.565. The van der Waals surface area contributed by atoms with Crippen molar-refractivity contribution in [2.24, 2.45) is 5.92 Å². The molecule has 2 bridgehead atoms. The van der Waals surface area contributed by atoms with Crippen molar-refractivity contribution in [1.82, 2.24) is 0 Å². The van der Waals surface area contributed by atoms with Gasteiger partial charge in [-0.15, -0.1) is 0 Å². The third kappa shape index (κ3) is 1.39. The molecule has 1 aliphatic heterocycles. The van der Waals surface area contributed by atoms with Gasteiger partial charge in [-0.05, 0) is 54.4 Å². The maximum absolute atomic E-state index is 2.38. The standard InChI is InChI=1S/C17H14S2/c1-2-6-14-13(5-1)18-15-7-3-4-12(16(15)19-14)17-8-11(9-17)10-17/h1-7,11H,8-10H2. The first-order valence-corrected chi connectivity index (χ1v) is 8.56. The lowest BCUT2D eigenvalue weighted by molar-refractivity contribution is -0.0297. The third-order valence-corrected chi connectivity index (χ3v) is 7.48. The maximum Gasteiger partial charge on any atom is 0.0300 e. The molecule has 4 aliphatic rings. The van der Waals surface area contributed by atoms with E-state index < -0.39 is 0 Å².